The van der Waals surface area contributed by atoms with Gasteiger partial charge < -0.3 is 0 Å². The van der Waals surface area contributed by atoms with Crippen LogP contribution in [-0.4, -0.2) is 9.97 Å². The van der Waals surface area contributed by atoms with Crippen LogP contribution in [0.15, 0.2) is 17.1 Å². The van der Waals surface area contributed by atoms with Gasteiger partial charge in [-0.2, -0.15) is 0 Å². The van der Waals surface area contributed by atoms with Crippen molar-refractivity contribution < 1.29 is 0 Å². The van der Waals surface area contributed by atoms with Crippen LogP contribution in [0, 0.1) is 0 Å². The Bertz CT molecular complexity index is 220. The van der Waals surface area contributed by atoms with Gasteiger partial charge in [0, 0.05) is 12.4 Å². The van der Waals surface area contributed by atoms with Crippen LogP contribution in [0.5, 0.6) is 0 Å². The normalized spacial score (nSPS) is 10.2. The molecule has 0 aromatic carbocycles. The van der Waals surface area contributed by atoms with Crippen LogP contribution in [0.4, 0.5) is 0 Å². The molecule has 1 rings (SSSR count). The summed E-state index contributed by atoms with van der Waals surface area (Å²) in [6.07, 6.45) is 8.65. The Labute approximate surface area is 81.6 Å². The van der Waals surface area contributed by atoms with E-state index in [1.165, 1.54) is 24.8 Å². The zero-order valence-electron chi connectivity index (χ0n) is 7.26. The van der Waals surface area contributed by atoms with Gasteiger partial charge in [0.25, 0.3) is 0 Å². The van der Waals surface area contributed by atoms with Crippen LogP contribution >= 0.6 is 15.9 Å². The summed E-state index contributed by atoms with van der Waals surface area (Å²) in [5.74, 6) is 0. The molecular weight excluding hydrogens is 216 g/mol. The Morgan fingerprint density at radius 2 is 1.92 bits per heavy atom. The number of hydrogen-bond acceptors (Lipinski definition) is 2. The molecule has 0 aliphatic rings. The molecule has 1 aromatic heterocycles. The second-order valence-electron chi connectivity index (χ2n) is 2.82. The Morgan fingerprint density at radius 1 is 1.25 bits per heavy atom. The molecule has 0 radical (unpaired) electrons. The van der Waals surface area contributed by atoms with Crippen molar-refractivity contribution in [2.45, 2.75) is 32.6 Å². The number of aromatic nitrogens is 2. The lowest BCUT2D eigenvalue weighted by Crippen LogP contribution is -1.89. The van der Waals surface area contributed by atoms with E-state index in [0.29, 0.717) is 4.73 Å². The van der Waals surface area contributed by atoms with E-state index >= 15 is 0 Å². The second kappa shape index (κ2) is 5.25. The summed E-state index contributed by atoms with van der Waals surface area (Å²) >= 11 is 3.21. The van der Waals surface area contributed by atoms with Crippen LogP contribution in [0.1, 0.15) is 31.7 Å². The molecule has 66 valence electrons. The third-order valence-corrected chi connectivity index (χ3v) is 2.15. The first-order chi connectivity index (χ1) is 5.83. The zero-order valence-corrected chi connectivity index (χ0v) is 8.84. The number of aryl methyl sites for hydroxylation is 1. The van der Waals surface area contributed by atoms with Crippen molar-refractivity contribution in [1.29, 1.82) is 0 Å². The Hall–Kier alpha value is -0.440. The first-order valence-corrected chi connectivity index (χ1v) is 5.08. The topological polar surface area (TPSA) is 25.8 Å². The highest BCUT2D eigenvalue weighted by molar-refractivity contribution is 9.10. The van der Waals surface area contributed by atoms with Crippen LogP contribution in [0.3, 0.4) is 0 Å². The minimum Gasteiger partial charge on any atom is -0.230 e. The van der Waals surface area contributed by atoms with Crippen LogP contribution in [0.2, 0.25) is 0 Å². The summed E-state index contributed by atoms with van der Waals surface area (Å²) in [6.45, 7) is 2.21. The van der Waals surface area contributed by atoms with E-state index in [4.69, 9.17) is 0 Å². The molecule has 1 aromatic rings. The molecule has 0 unspecified atom stereocenters. The molecule has 12 heavy (non-hydrogen) atoms. The fraction of sp³-hybridized carbons (Fsp3) is 0.556. The van der Waals surface area contributed by atoms with E-state index < -0.39 is 0 Å². The molecule has 0 aliphatic carbocycles. The smallest absolute Gasteiger partial charge is 0.196 e. The van der Waals surface area contributed by atoms with E-state index in [1.54, 1.807) is 0 Å². The number of nitrogens with zero attached hydrogens (tertiary/aromatic N) is 2. The minimum atomic E-state index is 0.668. The molecule has 2 nitrogen and oxygen atoms in total. The van der Waals surface area contributed by atoms with Crippen molar-refractivity contribution >= 4 is 15.9 Å². The average Bonchev–Trinajstić information content (AvgIpc) is 2.09. The second-order valence-corrected chi connectivity index (χ2v) is 3.53. The van der Waals surface area contributed by atoms with Crippen molar-refractivity contribution in [2.24, 2.45) is 0 Å². The fourth-order valence-electron chi connectivity index (χ4n) is 1.05. The molecule has 0 aliphatic heterocycles. The van der Waals surface area contributed by atoms with Gasteiger partial charge in [-0.15, -0.1) is 0 Å². The lowest BCUT2D eigenvalue weighted by Gasteiger charge is -1.98. The molecule has 0 saturated heterocycles. The van der Waals surface area contributed by atoms with Gasteiger partial charge in [0.2, 0.25) is 0 Å². The van der Waals surface area contributed by atoms with Crippen molar-refractivity contribution in [1.82, 2.24) is 9.97 Å². The number of hydrogen-bond donors (Lipinski definition) is 0. The highest BCUT2D eigenvalue weighted by atomic mass is 79.9. The maximum atomic E-state index is 4.06. The van der Waals surface area contributed by atoms with Gasteiger partial charge in [-0.1, -0.05) is 19.8 Å². The first kappa shape index (κ1) is 9.65. The Balaban J connectivity index is 2.37. The van der Waals surface area contributed by atoms with Gasteiger partial charge in [-0.3, -0.25) is 0 Å². The van der Waals surface area contributed by atoms with E-state index in [0.717, 1.165) is 6.42 Å². The van der Waals surface area contributed by atoms with Crippen molar-refractivity contribution in [2.75, 3.05) is 0 Å². The SMILES string of the molecule is CCCCCc1cnc(Br)nc1. The van der Waals surface area contributed by atoms with Gasteiger partial charge in [0.1, 0.15) is 0 Å². The van der Waals surface area contributed by atoms with Crippen LogP contribution in [-0.2, 0) is 6.42 Å². The monoisotopic (exact) mass is 228 g/mol. The van der Waals surface area contributed by atoms with E-state index in [2.05, 4.69) is 32.8 Å². The highest BCUT2D eigenvalue weighted by Crippen LogP contribution is 2.06. The van der Waals surface area contributed by atoms with Gasteiger partial charge in [-0.25, -0.2) is 9.97 Å². The van der Waals surface area contributed by atoms with Crippen molar-refractivity contribution in [3.8, 4) is 0 Å². The molecule has 3 heteroatoms. The molecule has 0 spiro atoms. The summed E-state index contributed by atoms with van der Waals surface area (Å²) in [5.41, 5.74) is 1.23. The number of rotatable bonds is 4. The first-order valence-electron chi connectivity index (χ1n) is 4.29. The molecule has 0 amide bonds. The molecular formula is C9H13BrN2. The number of unbranched alkanes of at least 4 members (excludes halogenated alkanes) is 2. The van der Waals surface area contributed by atoms with Crippen LogP contribution in [0.25, 0.3) is 0 Å². The van der Waals surface area contributed by atoms with E-state index in [9.17, 15) is 0 Å². The summed E-state index contributed by atoms with van der Waals surface area (Å²) in [4.78, 5) is 8.13. The quantitative estimate of drug-likeness (QED) is 0.585. The van der Waals surface area contributed by atoms with Gasteiger partial charge in [0.05, 0.1) is 0 Å². The Kier molecular flexibility index (Phi) is 4.22. The van der Waals surface area contributed by atoms with Gasteiger partial charge >= 0.3 is 0 Å². The average molecular weight is 229 g/mol. The fourth-order valence-corrected chi connectivity index (χ4v) is 1.25. The van der Waals surface area contributed by atoms with Gasteiger partial charge in [0.15, 0.2) is 4.73 Å². The predicted molar refractivity (Wildman–Crippen MR) is 53.0 cm³/mol. The summed E-state index contributed by atoms with van der Waals surface area (Å²) in [6, 6.07) is 0. The standard InChI is InChI=1S/C9H13BrN2/c1-2-3-4-5-8-6-11-9(10)12-7-8/h6-7H,2-5H2,1H3. The van der Waals surface area contributed by atoms with Crippen LogP contribution < -0.4 is 0 Å². The third kappa shape index (κ3) is 3.30. The van der Waals surface area contributed by atoms with E-state index in [-0.39, 0.29) is 0 Å². The summed E-state index contributed by atoms with van der Waals surface area (Å²) in [5, 5.41) is 0. The van der Waals surface area contributed by atoms with Gasteiger partial charge in [-0.05, 0) is 34.3 Å². The minimum absolute atomic E-state index is 0.668. The third-order valence-electron chi connectivity index (χ3n) is 1.74. The summed E-state index contributed by atoms with van der Waals surface area (Å²) in [7, 11) is 0. The molecule has 0 N–H and O–H groups in total. The molecule has 0 atom stereocenters. The lowest BCUT2D eigenvalue weighted by molar-refractivity contribution is 0.713. The summed E-state index contributed by atoms with van der Waals surface area (Å²) < 4.78 is 0.668. The predicted octanol–water partition coefficient (Wildman–Crippen LogP) is 2.97. The maximum absolute atomic E-state index is 4.06. The largest absolute Gasteiger partial charge is 0.230 e. The Morgan fingerprint density at radius 3 is 2.50 bits per heavy atom. The molecule has 0 fully saturated rings. The van der Waals surface area contributed by atoms with E-state index in [1.807, 2.05) is 12.4 Å². The lowest BCUT2D eigenvalue weighted by atomic mass is 10.1. The molecule has 0 bridgehead atoms. The molecule has 1 heterocycles. The van der Waals surface area contributed by atoms with Crippen molar-refractivity contribution in [3.05, 3.63) is 22.7 Å². The maximum Gasteiger partial charge on any atom is 0.196 e. The number of halogens is 1. The molecule has 0 saturated carbocycles. The van der Waals surface area contributed by atoms with Crippen molar-refractivity contribution in [3.63, 3.8) is 0 Å². The highest BCUT2D eigenvalue weighted by Gasteiger charge is 1.94. The zero-order chi connectivity index (χ0) is 8.81.